The Morgan fingerprint density at radius 3 is 2.39 bits per heavy atom. The zero-order valence-electron chi connectivity index (χ0n) is 13.9. The van der Waals surface area contributed by atoms with Crippen LogP contribution in [-0.2, 0) is 39.0 Å². The van der Waals surface area contributed by atoms with E-state index >= 15 is 0 Å². The van der Waals surface area contributed by atoms with E-state index in [1.54, 1.807) is 13.8 Å². The standard InChI is InChI=1S/C18H23NO4/c1-4-22-17(20)11-10-16-14(12-18(21)23-5-2)13-8-6-7-9-15(13)19(16)3/h6-9H,4-5,10-12H2,1-3H3. The first kappa shape index (κ1) is 17.1. The lowest BCUT2D eigenvalue weighted by molar-refractivity contribution is -0.143. The van der Waals surface area contributed by atoms with Gasteiger partial charge in [0.15, 0.2) is 0 Å². The molecule has 1 aromatic heterocycles. The van der Waals surface area contributed by atoms with Gasteiger partial charge in [0.1, 0.15) is 0 Å². The van der Waals surface area contributed by atoms with Crippen LogP contribution in [0.2, 0.25) is 0 Å². The fourth-order valence-corrected chi connectivity index (χ4v) is 2.85. The molecule has 0 N–H and O–H groups in total. The number of fused-ring (bicyclic) bond motifs is 1. The first-order valence-electron chi connectivity index (χ1n) is 7.94. The number of hydrogen-bond acceptors (Lipinski definition) is 4. The van der Waals surface area contributed by atoms with Gasteiger partial charge in [-0.3, -0.25) is 9.59 Å². The minimum Gasteiger partial charge on any atom is -0.466 e. The molecule has 0 saturated heterocycles. The van der Waals surface area contributed by atoms with Crippen molar-refractivity contribution in [3.8, 4) is 0 Å². The van der Waals surface area contributed by atoms with Gasteiger partial charge >= 0.3 is 11.9 Å². The van der Waals surface area contributed by atoms with Crippen LogP contribution in [0, 0.1) is 0 Å². The van der Waals surface area contributed by atoms with E-state index in [1.807, 2.05) is 35.9 Å². The van der Waals surface area contributed by atoms with E-state index in [4.69, 9.17) is 9.47 Å². The third kappa shape index (κ3) is 3.92. The highest BCUT2D eigenvalue weighted by Crippen LogP contribution is 2.27. The molecule has 0 spiro atoms. The second-order valence-corrected chi connectivity index (χ2v) is 5.29. The molecule has 0 aliphatic rings. The van der Waals surface area contributed by atoms with Gasteiger partial charge in [-0.05, 0) is 31.9 Å². The molecule has 124 valence electrons. The van der Waals surface area contributed by atoms with E-state index in [-0.39, 0.29) is 18.4 Å². The average molecular weight is 317 g/mol. The van der Waals surface area contributed by atoms with Crippen LogP contribution in [0.15, 0.2) is 24.3 Å². The highest BCUT2D eigenvalue weighted by Gasteiger charge is 2.19. The predicted octanol–water partition coefficient (Wildman–Crippen LogP) is 2.78. The number of nitrogens with zero attached hydrogens (tertiary/aromatic N) is 1. The Hall–Kier alpha value is -2.30. The summed E-state index contributed by atoms with van der Waals surface area (Å²) in [6.45, 7) is 4.33. The molecular formula is C18H23NO4. The number of benzene rings is 1. The Morgan fingerprint density at radius 1 is 1.04 bits per heavy atom. The van der Waals surface area contributed by atoms with Gasteiger partial charge in [0.05, 0.1) is 26.1 Å². The number of carbonyl (C=O) groups is 2. The van der Waals surface area contributed by atoms with E-state index < -0.39 is 0 Å². The fraction of sp³-hybridized carbons (Fsp3) is 0.444. The Labute approximate surface area is 136 Å². The molecule has 0 bridgehead atoms. The summed E-state index contributed by atoms with van der Waals surface area (Å²) in [5.74, 6) is -0.471. The first-order valence-corrected chi connectivity index (χ1v) is 7.94. The summed E-state index contributed by atoms with van der Waals surface area (Å²) < 4.78 is 12.1. The summed E-state index contributed by atoms with van der Waals surface area (Å²) in [6, 6.07) is 7.92. The molecule has 0 aliphatic carbocycles. The van der Waals surface area contributed by atoms with E-state index in [9.17, 15) is 9.59 Å². The molecule has 0 unspecified atom stereocenters. The quantitative estimate of drug-likeness (QED) is 0.737. The maximum absolute atomic E-state index is 11.9. The first-order chi connectivity index (χ1) is 11.1. The monoisotopic (exact) mass is 317 g/mol. The van der Waals surface area contributed by atoms with Crippen LogP contribution >= 0.6 is 0 Å². The molecule has 0 aliphatic heterocycles. The van der Waals surface area contributed by atoms with Gasteiger partial charge in [0.25, 0.3) is 0 Å². The van der Waals surface area contributed by atoms with Gasteiger partial charge in [0, 0.05) is 23.6 Å². The van der Waals surface area contributed by atoms with E-state index in [0.29, 0.717) is 26.1 Å². The van der Waals surface area contributed by atoms with Crippen molar-refractivity contribution in [1.29, 1.82) is 0 Å². The van der Waals surface area contributed by atoms with Crippen LogP contribution in [0.3, 0.4) is 0 Å². The van der Waals surface area contributed by atoms with Crippen LogP contribution in [0.4, 0.5) is 0 Å². The zero-order chi connectivity index (χ0) is 16.8. The van der Waals surface area contributed by atoms with Gasteiger partial charge in [-0.25, -0.2) is 0 Å². The highest BCUT2D eigenvalue weighted by molar-refractivity contribution is 5.89. The van der Waals surface area contributed by atoms with Gasteiger partial charge in [0.2, 0.25) is 0 Å². The predicted molar refractivity (Wildman–Crippen MR) is 88.2 cm³/mol. The lowest BCUT2D eigenvalue weighted by atomic mass is 10.0. The number of rotatable bonds is 7. The summed E-state index contributed by atoms with van der Waals surface area (Å²) in [6.07, 6.45) is 1.06. The molecule has 0 amide bonds. The van der Waals surface area contributed by atoms with Gasteiger partial charge in [-0.15, -0.1) is 0 Å². The number of aromatic nitrogens is 1. The summed E-state index contributed by atoms with van der Waals surface area (Å²) >= 11 is 0. The van der Waals surface area contributed by atoms with Crippen molar-refractivity contribution >= 4 is 22.8 Å². The Bertz CT molecular complexity index is 702. The smallest absolute Gasteiger partial charge is 0.310 e. The normalized spacial score (nSPS) is 10.7. The Kier molecular flexibility index (Phi) is 5.79. The summed E-state index contributed by atoms with van der Waals surface area (Å²) in [5.41, 5.74) is 2.96. The molecule has 0 atom stereocenters. The van der Waals surface area contributed by atoms with Crippen LogP contribution in [0.1, 0.15) is 31.5 Å². The molecule has 2 rings (SSSR count). The third-order valence-electron chi connectivity index (χ3n) is 3.84. The van der Waals surface area contributed by atoms with Gasteiger partial charge < -0.3 is 14.0 Å². The van der Waals surface area contributed by atoms with E-state index in [0.717, 1.165) is 22.2 Å². The molecule has 0 saturated carbocycles. The number of aryl methyl sites for hydroxylation is 1. The number of hydrogen-bond donors (Lipinski definition) is 0. The molecule has 5 nitrogen and oxygen atoms in total. The average Bonchev–Trinajstić information content (AvgIpc) is 2.79. The maximum Gasteiger partial charge on any atom is 0.310 e. The minimum absolute atomic E-state index is 0.216. The molecule has 1 aromatic carbocycles. The van der Waals surface area contributed by atoms with Crippen LogP contribution < -0.4 is 0 Å². The zero-order valence-corrected chi connectivity index (χ0v) is 13.9. The lowest BCUT2D eigenvalue weighted by Crippen LogP contribution is -2.11. The van der Waals surface area contributed by atoms with Gasteiger partial charge in [-0.2, -0.15) is 0 Å². The summed E-state index contributed by atoms with van der Waals surface area (Å²) in [7, 11) is 1.96. The van der Waals surface area contributed by atoms with Crippen molar-refractivity contribution in [1.82, 2.24) is 4.57 Å². The largest absolute Gasteiger partial charge is 0.466 e. The molecule has 0 fully saturated rings. The molecule has 23 heavy (non-hydrogen) atoms. The van der Waals surface area contributed by atoms with Crippen molar-refractivity contribution in [2.45, 2.75) is 33.1 Å². The molecule has 2 aromatic rings. The van der Waals surface area contributed by atoms with E-state index in [1.165, 1.54) is 0 Å². The van der Waals surface area contributed by atoms with Crippen LogP contribution in [0.5, 0.6) is 0 Å². The highest BCUT2D eigenvalue weighted by atomic mass is 16.5. The number of ether oxygens (including phenoxy) is 2. The van der Waals surface area contributed by atoms with Crippen molar-refractivity contribution in [2.75, 3.05) is 13.2 Å². The Morgan fingerprint density at radius 2 is 1.70 bits per heavy atom. The van der Waals surface area contributed by atoms with Crippen LogP contribution in [-0.4, -0.2) is 29.7 Å². The second kappa shape index (κ2) is 7.81. The molecule has 0 radical (unpaired) electrons. The summed E-state index contributed by atoms with van der Waals surface area (Å²) in [4.78, 5) is 23.6. The molecule has 1 heterocycles. The second-order valence-electron chi connectivity index (χ2n) is 5.29. The van der Waals surface area contributed by atoms with Crippen LogP contribution in [0.25, 0.3) is 10.9 Å². The van der Waals surface area contributed by atoms with Gasteiger partial charge in [-0.1, -0.05) is 18.2 Å². The minimum atomic E-state index is -0.249. The van der Waals surface area contributed by atoms with Crippen molar-refractivity contribution < 1.29 is 19.1 Å². The van der Waals surface area contributed by atoms with E-state index in [2.05, 4.69) is 0 Å². The molecule has 5 heteroatoms. The fourth-order valence-electron chi connectivity index (χ4n) is 2.85. The van der Waals surface area contributed by atoms with Crippen molar-refractivity contribution in [2.24, 2.45) is 7.05 Å². The number of carbonyl (C=O) groups excluding carboxylic acids is 2. The third-order valence-corrected chi connectivity index (χ3v) is 3.84. The van der Waals surface area contributed by atoms with Crippen molar-refractivity contribution in [3.05, 3.63) is 35.5 Å². The lowest BCUT2D eigenvalue weighted by Gasteiger charge is -2.08. The van der Waals surface area contributed by atoms with Crippen molar-refractivity contribution in [3.63, 3.8) is 0 Å². The topological polar surface area (TPSA) is 57.5 Å². The molecular weight excluding hydrogens is 294 g/mol. The number of para-hydroxylation sites is 1. The number of esters is 2. The summed E-state index contributed by atoms with van der Waals surface area (Å²) in [5, 5.41) is 1.03. The Balaban J connectivity index is 2.34. The SMILES string of the molecule is CCOC(=O)CCc1c(CC(=O)OCC)c2ccccc2n1C. The maximum atomic E-state index is 11.9.